The Hall–Kier alpha value is -1.29. The highest BCUT2D eigenvalue weighted by Crippen LogP contribution is 2.31. The molecule has 0 saturated carbocycles. The number of H-pyrrole nitrogens is 1. The van der Waals surface area contributed by atoms with E-state index in [0.717, 1.165) is 5.16 Å². The van der Waals surface area contributed by atoms with E-state index in [0.29, 0.717) is 5.25 Å². The van der Waals surface area contributed by atoms with Crippen molar-refractivity contribution in [1.82, 2.24) is 15.2 Å². The lowest BCUT2D eigenvalue weighted by Crippen LogP contribution is -1.88. The smallest absolute Gasteiger partial charge is 0.183 e. The minimum atomic E-state index is 0.393. The van der Waals surface area contributed by atoms with Crippen LogP contribution in [0.15, 0.2) is 41.8 Å². The van der Waals surface area contributed by atoms with Crippen LogP contribution in [0.1, 0.15) is 17.7 Å². The Labute approximate surface area is 87.0 Å². The van der Waals surface area contributed by atoms with Gasteiger partial charge in [-0.25, -0.2) is 4.98 Å². The molecule has 0 spiro atoms. The third-order valence-corrected chi connectivity index (χ3v) is 3.00. The largest absolute Gasteiger partial charge is 0.254 e. The molecule has 0 saturated heterocycles. The highest BCUT2D eigenvalue weighted by Gasteiger charge is 2.07. The van der Waals surface area contributed by atoms with Gasteiger partial charge >= 0.3 is 0 Å². The van der Waals surface area contributed by atoms with E-state index in [9.17, 15) is 0 Å². The van der Waals surface area contributed by atoms with Crippen LogP contribution in [0.3, 0.4) is 0 Å². The maximum absolute atomic E-state index is 4.08. The molecule has 3 nitrogen and oxygen atoms in total. The fourth-order valence-electron chi connectivity index (χ4n) is 1.21. The number of benzene rings is 1. The molecule has 1 atom stereocenters. The van der Waals surface area contributed by atoms with Crippen LogP contribution in [0.2, 0.25) is 0 Å². The first-order valence-electron chi connectivity index (χ1n) is 4.43. The van der Waals surface area contributed by atoms with Gasteiger partial charge in [0.25, 0.3) is 0 Å². The second kappa shape index (κ2) is 4.28. The molecule has 2 rings (SSSR count). The summed E-state index contributed by atoms with van der Waals surface area (Å²) < 4.78 is 0. The molecule has 1 heterocycles. The lowest BCUT2D eigenvalue weighted by atomic mass is 10.2. The number of thioether (sulfide) groups is 1. The van der Waals surface area contributed by atoms with Crippen LogP contribution < -0.4 is 0 Å². The summed E-state index contributed by atoms with van der Waals surface area (Å²) in [6.07, 6.45) is 1.53. The maximum Gasteiger partial charge on any atom is 0.183 e. The molecule has 0 fully saturated rings. The Morgan fingerprint density at radius 1 is 1.29 bits per heavy atom. The minimum absolute atomic E-state index is 0.393. The van der Waals surface area contributed by atoms with Gasteiger partial charge in [0.05, 0.1) is 0 Å². The highest BCUT2D eigenvalue weighted by molar-refractivity contribution is 7.99. The van der Waals surface area contributed by atoms with E-state index in [4.69, 9.17) is 0 Å². The summed E-state index contributed by atoms with van der Waals surface area (Å²) >= 11 is 1.67. The number of nitrogens with zero attached hydrogens (tertiary/aromatic N) is 2. The number of rotatable bonds is 3. The van der Waals surface area contributed by atoms with Crippen LogP contribution in [0.25, 0.3) is 0 Å². The standard InChI is InChI=1S/C10H11N3S/c1-8(9-5-3-2-4-6-9)14-10-11-7-12-13-10/h2-8H,1H3,(H,11,12,13). The first-order chi connectivity index (χ1) is 6.86. The maximum atomic E-state index is 4.08. The summed E-state index contributed by atoms with van der Waals surface area (Å²) in [7, 11) is 0. The summed E-state index contributed by atoms with van der Waals surface area (Å²) in [6.45, 7) is 2.16. The van der Waals surface area contributed by atoms with Gasteiger partial charge in [0.2, 0.25) is 0 Å². The van der Waals surface area contributed by atoms with Crippen molar-refractivity contribution in [2.24, 2.45) is 0 Å². The van der Waals surface area contributed by atoms with Gasteiger partial charge < -0.3 is 0 Å². The van der Waals surface area contributed by atoms with Crippen LogP contribution in [0.5, 0.6) is 0 Å². The van der Waals surface area contributed by atoms with Crippen LogP contribution in [0.4, 0.5) is 0 Å². The Kier molecular flexibility index (Phi) is 2.84. The monoisotopic (exact) mass is 205 g/mol. The summed E-state index contributed by atoms with van der Waals surface area (Å²) in [5.74, 6) is 0. The molecular weight excluding hydrogens is 194 g/mol. The van der Waals surface area contributed by atoms with Gasteiger partial charge in [0.15, 0.2) is 5.16 Å². The molecule has 0 amide bonds. The normalized spacial score (nSPS) is 12.6. The molecule has 2 aromatic rings. The molecule has 0 aliphatic heterocycles. The summed E-state index contributed by atoms with van der Waals surface area (Å²) in [6, 6.07) is 10.4. The van der Waals surface area contributed by atoms with E-state index in [2.05, 4.69) is 34.2 Å². The Morgan fingerprint density at radius 3 is 2.71 bits per heavy atom. The first-order valence-corrected chi connectivity index (χ1v) is 5.31. The van der Waals surface area contributed by atoms with Crippen molar-refractivity contribution in [3.63, 3.8) is 0 Å². The quantitative estimate of drug-likeness (QED) is 0.783. The van der Waals surface area contributed by atoms with Crippen LogP contribution in [-0.4, -0.2) is 15.2 Å². The summed E-state index contributed by atoms with van der Waals surface area (Å²) in [5, 5.41) is 7.91. The highest BCUT2D eigenvalue weighted by atomic mass is 32.2. The predicted molar refractivity (Wildman–Crippen MR) is 57.1 cm³/mol. The molecule has 1 aromatic heterocycles. The van der Waals surface area contributed by atoms with Crippen molar-refractivity contribution in [3.05, 3.63) is 42.2 Å². The predicted octanol–water partition coefficient (Wildman–Crippen LogP) is 2.66. The van der Waals surface area contributed by atoms with Crippen LogP contribution >= 0.6 is 11.8 Å². The zero-order chi connectivity index (χ0) is 9.80. The second-order valence-electron chi connectivity index (χ2n) is 2.96. The van der Waals surface area contributed by atoms with E-state index >= 15 is 0 Å². The lowest BCUT2D eigenvalue weighted by Gasteiger charge is -2.08. The average Bonchev–Trinajstić information content (AvgIpc) is 2.72. The minimum Gasteiger partial charge on any atom is -0.254 e. The fourth-order valence-corrected chi connectivity index (χ4v) is 2.05. The van der Waals surface area contributed by atoms with Gasteiger partial charge in [0.1, 0.15) is 6.33 Å². The van der Waals surface area contributed by atoms with E-state index < -0.39 is 0 Å². The number of aromatic nitrogens is 3. The van der Waals surface area contributed by atoms with E-state index in [1.807, 2.05) is 18.2 Å². The zero-order valence-corrected chi connectivity index (χ0v) is 8.66. The van der Waals surface area contributed by atoms with Crippen molar-refractivity contribution in [3.8, 4) is 0 Å². The van der Waals surface area contributed by atoms with Gasteiger partial charge in [-0.05, 0) is 12.5 Å². The van der Waals surface area contributed by atoms with Gasteiger partial charge in [-0.15, -0.1) is 0 Å². The van der Waals surface area contributed by atoms with Gasteiger partial charge in [0, 0.05) is 5.25 Å². The third-order valence-electron chi connectivity index (χ3n) is 1.95. The van der Waals surface area contributed by atoms with E-state index in [1.165, 1.54) is 11.9 Å². The number of hydrogen-bond donors (Lipinski definition) is 1. The molecule has 1 unspecified atom stereocenters. The van der Waals surface area contributed by atoms with Crippen LogP contribution in [0, 0.1) is 0 Å². The molecule has 72 valence electrons. The summed E-state index contributed by atoms with van der Waals surface area (Å²) in [5.41, 5.74) is 1.30. The van der Waals surface area contributed by atoms with Crippen molar-refractivity contribution >= 4 is 11.8 Å². The first kappa shape index (κ1) is 9.27. The number of nitrogens with one attached hydrogen (secondary N) is 1. The van der Waals surface area contributed by atoms with Crippen molar-refractivity contribution in [1.29, 1.82) is 0 Å². The topological polar surface area (TPSA) is 41.6 Å². The molecule has 4 heteroatoms. The molecule has 1 aromatic carbocycles. The van der Waals surface area contributed by atoms with Crippen molar-refractivity contribution in [2.75, 3.05) is 0 Å². The Morgan fingerprint density at radius 2 is 2.07 bits per heavy atom. The van der Waals surface area contributed by atoms with Crippen molar-refractivity contribution in [2.45, 2.75) is 17.3 Å². The Balaban J connectivity index is 2.07. The average molecular weight is 205 g/mol. The molecule has 0 aliphatic rings. The van der Waals surface area contributed by atoms with Crippen molar-refractivity contribution < 1.29 is 0 Å². The van der Waals surface area contributed by atoms with Gasteiger partial charge in [-0.2, -0.15) is 5.10 Å². The SMILES string of the molecule is CC(Sc1ncn[nH]1)c1ccccc1. The number of aromatic amines is 1. The van der Waals surface area contributed by atoms with Gasteiger partial charge in [-0.1, -0.05) is 42.1 Å². The third kappa shape index (κ3) is 2.14. The molecular formula is C10H11N3S. The van der Waals surface area contributed by atoms with Gasteiger partial charge in [-0.3, -0.25) is 5.10 Å². The molecule has 0 bridgehead atoms. The lowest BCUT2D eigenvalue weighted by molar-refractivity contribution is 0.960. The number of hydrogen-bond acceptors (Lipinski definition) is 3. The molecule has 1 N–H and O–H groups in total. The molecule has 14 heavy (non-hydrogen) atoms. The molecule has 0 aliphatic carbocycles. The van der Waals surface area contributed by atoms with E-state index in [-0.39, 0.29) is 0 Å². The van der Waals surface area contributed by atoms with E-state index in [1.54, 1.807) is 11.8 Å². The Bertz CT molecular complexity index is 372. The fraction of sp³-hybridized carbons (Fsp3) is 0.200. The van der Waals surface area contributed by atoms with Crippen LogP contribution in [-0.2, 0) is 0 Å². The zero-order valence-electron chi connectivity index (χ0n) is 7.84. The second-order valence-corrected chi connectivity index (χ2v) is 4.29. The summed E-state index contributed by atoms with van der Waals surface area (Å²) in [4.78, 5) is 4.08. The molecule has 0 radical (unpaired) electrons.